The van der Waals surface area contributed by atoms with E-state index in [0.717, 1.165) is 5.56 Å². The Hall–Kier alpha value is -2.06. The van der Waals surface area contributed by atoms with Crippen molar-refractivity contribution in [1.29, 1.82) is 0 Å². The van der Waals surface area contributed by atoms with Crippen molar-refractivity contribution in [2.45, 2.75) is 0 Å². The molecule has 0 unspecified atom stereocenters. The van der Waals surface area contributed by atoms with Crippen LogP contribution in [0.25, 0.3) is 6.08 Å². The minimum Gasteiger partial charge on any atom is -0.497 e. The highest BCUT2D eigenvalue weighted by atomic mass is 35.5. The lowest BCUT2D eigenvalue weighted by atomic mass is 10.1. The normalized spacial score (nSPS) is 10.6. The third kappa shape index (κ3) is 3.46. The van der Waals surface area contributed by atoms with Gasteiger partial charge in [-0.15, -0.1) is 0 Å². The average Bonchev–Trinajstić information content (AvgIpc) is 2.45. The van der Waals surface area contributed by atoms with Crippen LogP contribution in [0, 0.1) is 0 Å². The highest BCUT2D eigenvalue weighted by molar-refractivity contribution is 6.34. The average molecular weight is 273 g/mol. The second kappa shape index (κ2) is 6.21. The van der Waals surface area contributed by atoms with E-state index in [4.69, 9.17) is 16.3 Å². The Morgan fingerprint density at radius 2 is 1.89 bits per heavy atom. The van der Waals surface area contributed by atoms with E-state index >= 15 is 0 Å². The number of hydrogen-bond donors (Lipinski definition) is 0. The van der Waals surface area contributed by atoms with Crippen LogP contribution in [-0.2, 0) is 0 Å². The van der Waals surface area contributed by atoms with Crippen LogP contribution in [0.2, 0.25) is 5.02 Å². The maximum Gasteiger partial charge on any atom is 0.187 e. The molecule has 0 aliphatic heterocycles. The van der Waals surface area contributed by atoms with Gasteiger partial charge in [0.05, 0.1) is 12.1 Å². The Kier molecular flexibility index (Phi) is 4.37. The number of rotatable bonds is 4. The van der Waals surface area contributed by atoms with Crippen LogP contribution in [0.15, 0.2) is 54.6 Å². The number of methoxy groups -OCH3 is 1. The zero-order valence-corrected chi connectivity index (χ0v) is 11.2. The fraction of sp³-hybridized carbons (Fsp3) is 0.0625. The zero-order valence-electron chi connectivity index (χ0n) is 10.5. The number of halogens is 1. The second-order valence-electron chi connectivity index (χ2n) is 3.95. The number of ketones is 1. The third-order valence-corrected chi connectivity index (χ3v) is 2.98. The smallest absolute Gasteiger partial charge is 0.187 e. The van der Waals surface area contributed by atoms with Gasteiger partial charge in [-0.2, -0.15) is 0 Å². The fourth-order valence-corrected chi connectivity index (χ4v) is 1.91. The maximum absolute atomic E-state index is 12.0. The number of benzene rings is 2. The van der Waals surface area contributed by atoms with Crippen LogP contribution in [0.3, 0.4) is 0 Å². The Labute approximate surface area is 117 Å². The molecule has 19 heavy (non-hydrogen) atoms. The van der Waals surface area contributed by atoms with Crippen molar-refractivity contribution in [2.75, 3.05) is 7.11 Å². The van der Waals surface area contributed by atoms with Crippen molar-refractivity contribution in [3.05, 3.63) is 70.8 Å². The van der Waals surface area contributed by atoms with E-state index in [1.54, 1.807) is 31.4 Å². The van der Waals surface area contributed by atoms with Gasteiger partial charge >= 0.3 is 0 Å². The molecular formula is C16H13ClO2. The first kappa shape index (κ1) is 13.4. The first-order chi connectivity index (χ1) is 9.20. The molecule has 96 valence electrons. The zero-order chi connectivity index (χ0) is 13.7. The van der Waals surface area contributed by atoms with Crippen molar-refractivity contribution in [1.82, 2.24) is 0 Å². The molecule has 2 aromatic carbocycles. The van der Waals surface area contributed by atoms with Gasteiger partial charge in [0.25, 0.3) is 0 Å². The van der Waals surface area contributed by atoms with Crippen molar-refractivity contribution >= 4 is 23.5 Å². The summed E-state index contributed by atoms with van der Waals surface area (Å²) in [6, 6.07) is 14.6. The fourth-order valence-electron chi connectivity index (χ4n) is 1.65. The Balaban J connectivity index is 2.19. The molecule has 0 aliphatic carbocycles. The maximum atomic E-state index is 12.0. The van der Waals surface area contributed by atoms with Gasteiger partial charge in [0.1, 0.15) is 5.75 Å². The summed E-state index contributed by atoms with van der Waals surface area (Å²) >= 11 is 6.05. The summed E-state index contributed by atoms with van der Waals surface area (Å²) in [7, 11) is 1.56. The molecule has 0 aromatic heterocycles. The van der Waals surface area contributed by atoms with Crippen LogP contribution in [0.1, 0.15) is 15.9 Å². The van der Waals surface area contributed by atoms with Gasteiger partial charge in [-0.05, 0) is 29.8 Å². The van der Waals surface area contributed by atoms with Crippen LogP contribution >= 0.6 is 11.6 Å². The van der Waals surface area contributed by atoms with Gasteiger partial charge in [0.15, 0.2) is 5.78 Å². The predicted molar refractivity (Wildman–Crippen MR) is 77.8 cm³/mol. The Bertz CT molecular complexity index is 603. The first-order valence-electron chi connectivity index (χ1n) is 5.81. The molecule has 0 radical (unpaired) electrons. The summed E-state index contributed by atoms with van der Waals surface area (Å²) in [6.45, 7) is 0. The summed E-state index contributed by atoms with van der Waals surface area (Å²) in [5.41, 5.74) is 1.44. The highest BCUT2D eigenvalue weighted by Gasteiger charge is 2.08. The molecule has 2 aromatic rings. The molecule has 0 saturated heterocycles. The summed E-state index contributed by atoms with van der Waals surface area (Å²) in [5.74, 6) is 0.505. The standard InChI is InChI=1S/C16H13ClO2/c1-19-13-8-9-14(15(17)11-13)16(18)10-7-12-5-3-2-4-6-12/h2-11H,1H3. The monoisotopic (exact) mass is 272 g/mol. The number of carbonyl (C=O) groups excluding carboxylic acids is 1. The van der Waals surface area contributed by atoms with Gasteiger partial charge < -0.3 is 4.74 Å². The largest absolute Gasteiger partial charge is 0.497 e. The minimum atomic E-state index is -0.128. The van der Waals surface area contributed by atoms with E-state index in [0.29, 0.717) is 16.3 Å². The van der Waals surface area contributed by atoms with E-state index in [2.05, 4.69) is 0 Å². The van der Waals surface area contributed by atoms with E-state index in [1.807, 2.05) is 30.3 Å². The summed E-state index contributed by atoms with van der Waals surface area (Å²) in [4.78, 5) is 12.0. The lowest BCUT2D eigenvalue weighted by Gasteiger charge is -2.03. The minimum absolute atomic E-state index is 0.128. The molecule has 0 N–H and O–H groups in total. The number of carbonyl (C=O) groups is 1. The third-order valence-electron chi connectivity index (χ3n) is 2.67. The number of hydrogen-bond acceptors (Lipinski definition) is 2. The topological polar surface area (TPSA) is 26.3 Å². The van der Waals surface area contributed by atoms with Crippen LogP contribution in [0.5, 0.6) is 5.75 Å². The van der Waals surface area contributed by atoms with E-state index < -0.39 is 0 Å². The van der Waals surface area contributed by atoms with Gasteiger partial charge in [-0.1, -0.05) is 48.0 Å². The van der Waals surface area contributed by atoms with Crippen LogP contribution in [-0.4, -0.2) is 12.9 Å². The summed E-state index contributed by atoms with van der Waals surface area (Å²) < 4.78 is 5.05. The number of ether oxygens (including phenoxy) is 1. The van der Waals surface area contributed by atoms with Gasteiger partial charge in [0.2, 0.25) is 0 Å². The molecule has 0 heterocycles. The molecule has 2 nitrogen and oxygen atoms in total. The molecular weight excluding hydrogens is 260 g/mol. The molecule has 0 atom stereocenters. The van der Waals surface area contributed by atoms with Crippen LogP contribution < -0.4 is 4.74 Å². The van der Waals surface area contributed by atoms with Crippen molar-refractivity contribution in [3.8, 4) is 5.75 Å². The molecule has 2 rings (SSSR count). The molecule has 0 bridgehead atoms. The van der Waals surface area contributed by atoms with Gasteiger partial charge in [-0.25, -0.2) is 0 Å². The summed E-state index contributed by atoms with van der Waals surface area (Å²) in [6.07, 6.45) is 3.28. The van der Waals surface area contributed by atoms with Gasteiger partial charge in [-0.3, -0.25) is 4.79 Å². The highest BCUT2D eigenvalue weighted by Crippen LogP contribution is 2.23. The molecule has 0 spiro atoms. The lowest BCUT2D eigenvalue weighted by Crippen LogP contribution is -1.96. The van der Waals surface area contributed by atoms with Crippen molar-refractivity contribution in [3.63, 3.8) is 0 Å². The molecule has 0 amide bonds. The van der Waals surface area contributed by atoms with E-state index in [1.165, 1.54) is 6.08 Å². The Morgan fingerprint density at radius 3 is 2.53 bits per heavy atom. The molecule has 0 fully saturated rings. The SMILES string of the molecule is COc1ccc(C(=O)C=Cc2ccccc2)c(Cl)c1. The molecule has 0 aliphatic rings. The lowest BCUT2D eigenvalue weighted by molar-refractivity contribution is 0.104. The number of allylic oxidation sites excluding steroid dienone is 1. The van der Waals surface area contributed by atoms with Crippen molar-refractivity contribution < 1.29 is 9.53 Å². The van der Waals surface area contributed by atoms with Crippen LogP contribution in [0.4, 0.5) is 0 Å². The van der Waals surface area contributed by atoms with E-state index in [-0.39, 0.29) is 5.78 Å². The van der Waals surface area contributed by atoms with Gasteiger partial charge in [0, 0.05) is 5.56 Å². The summed E-state index contributed by atoms with van der Waals surface area (Å²) in [5, 5.41) is 0.391. The van der Waals surface area contributed by atoms with Crippen molar-refractivity contribution in [2.24, 2.45) is 0 Å². The predicted octanol–water partition coefficient (Wildman–Crippen LogP) is 4.24. The first-order valence-corrected chi connectivity index (χ1v) is 6.19. The quantitative estimate of drug-likeness (QED) is 0.614. The molecule has 0 saturated carbocycles. The molecule has 3 heteroatoms. The second-order valence-corrected chi connectivity index (χ2v) is 4.36. The Morgan fingerprint density at radius 1 is 1.16 bits per heavy atom. The van der Waals surface area contributed by atoms with E-state index in [9.17, 15) is 4.79 Å².